The molecule has 1 atom stereocenters. The third kappa shape index (κ3) is 7.76. The lowest BCUT2D eigenvalue weighted by Gasteiger charge is -2.30. The van der Waals surface area contributed by atoms with Gasteiger partial charge in [0.05, 0.1) is 24.6 Å². The first-order valence-electron chi connectivity index (χ1n) is 12.5. The monoisotopic (exact) mass is 587 g/mol. The lowest BCUT2D eigenvalue weighted by molar-refractivity contribution is -0.136. The van der Waals surface area contributed by atoms with Gasteiger partial charge in [0.1, 0.15) is 0 Å². The van der Waals surface area contributed by atoms with Gasteiger partial charge in [0, 0.05) is 31.5 Å². The van der Waals surface area contributed by atoms with Crippen LogP contribution >= 0.6 is 37.2 Å². The van der Waals surface area contributed by atoms with Crippen molar-refractivity contribution in [3.63, 3.8) is 0 Å². The van der Waals surface area contributed by atoms with Gasteiger partial charge in [-0.1, -0.05) is 66.7 Å². The van der Waals surface area contributed by atoms with Gasteiger partial charge in [0.2, 0.25) is 5.91 Å². The minimum absolute atomic E-state index is 0. The molecule has 1 aliphatic rings. The van der Waals surface area contributed by atoms with E-state index < -0.39 is 0 Å². The molecule has 3 aromatic carbocycles. The Morgan fingerprint density at radius 2 is 1.62 bits per heavy atom. The first kappa shape index (κ1) is 32.2. The minimum Gasteiger partial charge on any atom is -0.364 e. The standard InChI is InChI=1S/C30H33N5O.3ClH/c1-33(2)29(17-23-9-5-3-6-10-23)30(36)35-16-15-34(21-27-19-31-22-32-27)28-14-13-25(18-26(28)20-35)24-11-7-4-8-12-24;;;/h3-14,18-19,22,29H,15-17,20-21H2,1-2H3,(H,31,32);3*1H/t29-;;;/m0.../s1. The Labute approximate surface area is 249 Å². The van der Waals surface area contributed by atoms with E-state index in [-0.39, 0.29) is 49.2 Å². The van der Waals surface area contributed by atoms with Crippen LogP contribution in [0.25, 0.3) is 11.1 Å². The maximum absolute atomic E-state index is 13.9. The highest BCUT2D eigenvalue weighted by Gasteiger charge is 2.30. The molecule has 1 amide bonds. The minimum atomic E-state index is -0.215. The Hall–Kier alpha value is -3.03. The molecule has 5 rings (SSSR count). The average molecular weight is 589 g/mol. The number of hydrogen-bond acceptors (Lipinski definition) is 4. The van der Waals surface area contributed by atoms with Crippen molar-refractivity contribution in [3.8, 4) is 11.1 Å². The molecule has 0 unspecified atom stereocenters. The number of fused-ring (bicyclic) bond motifs is 1. The number of carbonyl (C=O) groups is 1. The van der Waals surface area contributed by atoms with Crippen molar-refractivity contribution >= 4 is 48.8 Å². The van der Waals surface area contributed by atoms with Crippen LogP contribution in [0.1, 0.15) is 16.8 Å². The summed E-state index contributed by atoms with van der Waals surface area (Å²) in [6, 6.07) is 27.1. The highest BCUT2D eigenvalue weighted by molar-refractivity contribution is 5.86. The fourth-order valence-corrected chi connectivity index (χ4v) is 4.95. The van der Waals surface area contributed by atoms with Crippen LogP contribution in [0.15, 0.2) is 91.4 Å². The Kier molecular flexibility index (Phi) is 12.3. The Morgan fingerprint density at radius 1 is 0.923 bits per heavy atom. The second-order valence-electron chi connectivity index (χ2n) is 9.64. The molecule has 9 heteroatoms. The number of aromatic amines is 1. The van der Waals surface area contributed by atoms with E-state index in [9.17, 15) is 4.79 Å². The third-order valence-electron chi connectivity index (χ3n) is 6.94. The van der Waals surface area contributed by atoms with Gasteiger partial charge in [-0.05, 0) is 54.9 Å². The molecule has 0 bridgehead atoms. The van der Waals surface area contributed by atoms with E-state index >= 15 is 0 Å². The van der Waals surface area contributed by atoms with Gasteiger partial charge >= 0.3 is 0 Å². The smallest absolute Gasteiger partial charge is 0.240 e. The summed E-state index contributed by atoms with van der Waals surface area (Å²) in [5.41, 5.74) is 6.91. The van der Waals surface area contributed by atoms with Gasteiger partial charge in [-0.2, -0.15) is 0 Å². The molecule has 0 aliphatic carbocycles. The van der Waals surface area contributed by atoms with Crippen LogP contribution in [0.4, 0.5) is 5.69 Å². The first-order chi connectivity index (χ1) is 17.6. The summed E-state index contributed by atoms with van der Waals surface area (Å²) < 4.78 is 0. The van der Waals surface area contributed by atoms with Crippen LogP contribution in [0, 0.1) is 0 Å². The van der Waals surface area contributed by atoms with Crippen LogP contribution in [0.2, 0.25) is 0 Å². The lowest BCUT2D eigenvalue weighted by Crippen LogP contribution is -2.48. The number of imidazole rings is 1. The van der Waals surface area contributed by atoms with Crippen molar-refractivity contribution in [3.05, 3.63) is 108 Å². The van der Waals surface area contributed by atoms with Crippen molar-refractivity contribution in [1.82, 2.24) is 19.8 Å². The molecular formula is C30H36Cl3N5O. The Bertz CT molecular complexity index is 1290. The predicted octanol–water partition coefficient (Wildman–Crippen LogP) is 5.86. The quantitative estimate of drug-likeness (QED) is 0.294. The molecule has 1 aromatic heterocycles. The van der Waals surface area contributed by atoms with Gasteiger partial charge in [0.25, 0.3) is 0 Å². The summed E-state index contributed by atoms with van der Waals surface area (Å²) >= 11 is 0. The number of carbonyl (C=O) groups excluding carboxylic acids is 1. The van der Waals surface area contributed by atoms with Crippen molar-refractivity contribution in [2.45, 2.75) is 25.6 Å². The van der Waals surface area contributed by atoms with Gasteiger partial charge in [-0.3, -0.25) is 9.69 Å². The van der Waals surface area contributed by atoms with Crippen LogP contribution < -0.4 is 4.90 Å². The fraction of sp³-hybridized carbons (Fsp3) is 0.267. The van der Waals surface area contributed by atoms with E-state index in [1.807, 2.05) is 54.4 Å². The molecule has 0 fully saturated rings. The number of nitrogens with one attached hydrogen (secondary N) is 1. The molecule has 39 heavy (non-hydrogen) atoms. The maximum atomic E-state index is 13.9. The normalized spacial score (nSPS) is 13.3. The van der Waals surface area contributed by atoms with Crippen molar-refractivity contribution in [1.29, 1.82) is 0 Å². The number of amides is 1. The van der Waals surface area contributed by atoms with E-state index in [0.29, 0.717) is 19.5 Å². The number of H-pyrrole nitrogens is 1. The molecule has 0 saturated heterocycles. The van der Waals surface area contributed by atoms with E-state index in [4.69, 9.17) is 0 Å². The van der Waals surface area contributed by atoms with Crippen molar-refractivity contribution in [2.75, 3.05) is 32.1 Å². The summed E-state index contributed by atoms with van der Waals surface area (Å²) in [5.74, 6) is 0.170. The zero-order chi connectivity index (χ0) is 24.9. The molecule has 208 valence electrons. The second kappa shape index (κ2) is 14.9. The van der Waals surface area contributed by atoms with E-state index in [0.717, 1.165) is 18.8 Å². The maximum Gasteiger partial charge on any atom is 0.240 e. The highest BCUT2D eigenvalue weighted by atomic mass is 35.5. The van der Waals surface area contributed by atoms with Crippen LogP contribution in [-0.4, -0.2) is 58.9 Å². The molecule has 0 spiro atoms. The summed E-state index contributed by atoms with van der Waals surface area (Å²) in [6.45, 7) is 2.74. The summed E-state index contributed by atoms with van der Waals surface area (Å²) in [7, 11) is 3.99. The topological polar surface area (TPSA) is 55.5 Å². The second-order valence-corrected chi connectivity index (χ2v) is 9.64. The SMILES string of the molecule is CN(C)[C@@H](Cc1ccccc1)C(=O)N1CCN(Cc2cnc[nH]2)c2ccc(-c3ccccc3)cc2C1.Cl.Cl.Cl. The molecule has 0 saturated carbocycles. The number of aromatic nitrogens is 2. The number of halogens is 3. The van der Waals surface area contributed by atoms with E-state index in [2.05, 4.69) is 69.5 Å². The number of anilines is 1. The Morgan fingerprint density at radius 3 is 2.26 bits per heavy atom. The number of hydrogen-bond donors (Lipinski definition) is 1. The first-order valence-corrected chi connectivity index (χ1v) is 12.5. The molecule has 0 radical (unpaired) electrons. The number of nitrogens with zero attached hydrogens (tertiary/aromatic N) is 4. The van der Waals surface area contributed by atoms with Gasteiger partial charge in [0.15, 0.2) is 0 Å². The molecule has 1 aliphatic heterocycles. The lowest BCUT2D eigenvalue weighted by atomic mass is 10.0. The highest BCUT2D eigenvalue weighted by Crippen LogP contribution is 2.31. The van der Waals surface area contributed by atoms with Crippen LogP contribution in [0.3, 0.4) is 0 Å². The van der Waals surface area contributed by atoms with Crippen LogP contribution in [-0.2, 0) is 24.3 Å². The molecular weight excluding hydrogens is 553 g/mol. The fourth-order valence-electron chi connectivity index (χ4n) is 4.95. The van der Waals surface area contributed by atoms with Crippen molar-refractivity contribution < 1.29 is 4.79 Å². The zero-order valence-corrected chi connectivity index (χ0v) is 24.6. The largest absolute Gasteiger partial charge is 0.364 e. The van der Waals surface area contributed by atoms with E-state index in [1.165, 1.54) is 27.9 Å². The zero-order valence-electron chi connectivity index (χ0n) is 22.2. The third-order valence-corrected chi connectivity index (χ3v) is 6.94. The summed E-state index contributed by atoms with van der Waals surface area (Å²) in [5, 5.41) is 0. The molecule has 6 nitrogen and oxygen atoms in total. The van der Waals surface area contributed by atoms with Gasteiger partial charge in [-0.15, -0.1) is 37.2 Å². The van der Waals surface area contributed by atoms with E-state index in [1.54, 1.807) is 6.33 Å². The predicted molar refractivity (Wildman–Crippen MR) is 166 cm³/mol. The number of benzene rings is 3. The Balaban J connectivity index is 0.00000178. The average Bonchev–Trinajstić information content (AvgIpc) is 3.35. The number of rotatable bonds is 7. The molecule has 4 aromatic rings. The van der Waals surface area contributed by atoms with Crippen LogP contribution in [0.5, 0.6) is 0 Å². The molecule has 2 heterocycles. The van der Waals surface area contributed by atoms with Crippen molar-refractivity contribution in [2.24, 2.45) is 0 Å². The summed E-state index contributed by atoms with van der Waals surface area (Å²) in [4.78, 5) is 27.8. The number of likely N-dealkylation sites (N-methyl/N-ethyl adjacent to an activating group) is 1. The van der Waals surface area contributed by atoms with Gasteiger partial charge < -0.3 is 14.8 Å². The molecule has 1 N–H and O–H groups in total. The van der Waals surface area contributed by atoms with Gasteiger partial charge in [-0.25, -0.2) is 4.98 Å². The summed E-state index contributed by atoms with van der Waals surface area (Å²) in [6.07, 6.45) is 4.28.